The summed E-state index contributed by atoms with van der Waals surface area (Å²) in [5, 5.41) is 1.04. The Labute approximate surface area is 110 Å². The molecule has 0 saturated carbocycles. The standard InChI is InChI=1S/C10H15OSi.ClH.Mg/c1-8-6-5-7-10(9(8)2)12(3,4)11;;/h5-7H,1-4H3;1H;/q-1;;+2/p-1. The van der Waals surface area contributed by atoms with E-state index >= 15 is 0 Å². The molecule has 14 heavy (non-hydrogen) atoms. The molecule has 0 unspecified atom stereocenters. The summed E-state index contributed by atoms with van der Waals surface area (Å²) in [7, 11) is -2.36. The number of benzene rings is 1. The Kier molecular flexibility index (Phi) is 7.38. The molecule has 1 aromatic carbocycles. The molecule has 1 nitrogen and oxygen atoms in total. The second kappa shape index (κ2) is 6.13. The maximum atomic E-state index is 11.8. The van der Waals surface area contributed by atoms with Gasteiger partial charge in [-0.3, -0.25) is 0 Å². The average Bonchev–Trinajstić information content (AvgIpc) is 1.92. The molecule has 1 aromatic rings. The Hall–Kier alpha value is 0.453. The van der Waals surface area contributed by atoms with E-state index in [4.69, 9.17) is 0 Å². The summed E-state index contributed by atoms with van der Waals surface area (Å²) in [5.41, 5.74) is 2.41. The van der Waals surface area contributed by atoms with Crippen molar-refractivity contribution in [2.45, 2.75) is 26.9 Å². The van der Waals surface area contributed by atoms with Gasteiger partial charge in [0, 0.05) is 0 Å². The fourth-order valence-corrected chi connectivity index (χ4v) is 3.00. The third-order valence-corrected chi connectivity index (χ3v) is 4.09. The van der Waals surface area contributed by atoms with Gasteiger partial charge in [0.25, 0.3) is 0 Å². The van der Waals surface area contributed by atoms with Gasteiger partial charge in [0.15, 0.2) is 0 Å². The SMILES string of the molecule is Cc1cccc([Si](C)(C)[O-])c1C.[Cl-].[Mg+2]. The summed E-state index contributed by atoms with van der Waals surface area (Å²) in [6, 6.07) is 6.00. The van der Waals surface area contributed by atoms with Crippen LogP contribution < -0.4 is 22.4 Å². The largest absolute Gasteiger partial charge is 2.00 e. The van der Waals surface area contributed by atoms with Gasteiger partial charge in [-0.25, -0.2) is 0 Å². The molecule has 1 rings (SSSR count). The second-order valence-electron chi connectivity index (χ2n) is 3.76. The molecule has 0 atom stereocenters. The van der Waals surface area contributed by atoms with Gasteiger partial charge in [0.05, 0.1) is 0 Å². The summed E-state index contributed by atoms with van der Waals surface area (Å²) in [6.45, 7) is 7.78. The van der Waals surface area contributed by atoms with Crippen LogP contribution in [0.15, 0.2) is 18.2 Å². The van der Waals surface area contributed by atoms with Crippen LogP contribution in [0.4, 0.5) is 0 Å². The maximum Gasteiger partial charge on any atom is 2.00 e. The molecule has 0 radical (unpaired) electrons. The third-order valence-electron chi connectivity index (χ3n) is 2.25. The molecule has 0 bridgehead atoms. The number of rotatable bonds is 1. The average molecular weight is 239 g/mol. The van der Waals surface area contributed by atoms with E-state index in [2.05, 4.69) is 13.0 Å². The van der Waals surface area contributed by atoms with Crippen LogP contribution in [-0.4, -0.2) is 31.4 Å². The molecule has 0 amide bonds. The van der Waals surface area contributed by atoms with Crippen molar-refractivity contribution >= 4 is 36.6 Å². The smallest absolute Gasteiger partial charge is 1.00 e. The van der Waals surface area contributed by atoms with E-state index in [1.54, 1.807) is 0 Å². The zero-order valence-electron chi connectivity index (χ0n) is 9.23. The van der Waals surface area contributed by atoms with Crippen molar-refractivity contribution in [3.63, 3.8) is 0 Å². The fraction of sp³-hybridized carbons (Fsp3) is 0.400. The minimum absolute atomic E-state index is 0. The van der Waals surface area contributed by atoms with Gasteiger partial charge in [0.1, 0.15) is 0 Å². The van der Waals surface area contributed by atoms with Gasteiger partial charge in [-0.05, 0) is 27.7 Å². The molecule has 0 N–H and O–H groups in total. The van der Waals surface area contributed by atoms with Crippen molar-refractivity contribution in [3.05, 3.63) is 29.3 Å². The first-order valence-electron chi connectivity index (χ1n) is 4.20. The summed E-state index contributed by atoms with van der Waals surface area (Å²) >= 11 is 0. The first kappa shape index (κ1) is 16.9. The van der Waals surface area contributed by atoms with Crippen LogP contribution in [0.5, 0.6) is 0 Å². The Balaban J connectivity index is 0. The first-order chi connectivity index (χ1) is 5.43. The number of aryl methyl sites for hydroxylation is 1. The van der Waals surface area contributed by atoms with Gasteiger partial charge in [-0.2, -0.15) is 0 Å². The van der Waals surface area contributed by atoms with E-state index < -0.39 is 8.32 Å². The predicted octanol–water partition coefficient (Wildman–Crippen LogP) is -2.30. The van der Waals surface area contributed by atoms with Gasteiger partial charge in [-0.15, -0.1) is 0 Å². The molecule has 0 aliphatic rings. The number of hydrogen-bond donors (Lipinski definition) is 0. The van der Waals surface area contributed by atoms with E-state index in [0.717, 1.165) is 5.19 Å². The van der Waals surface area contributed by atoms with Crippen LogP contribution in [0, 0.1) is 13.8 Å². The molecular formula is C10H15ClMgOSi. The number of halogens is 1. The van der Waals surface area contributed by atoms with Crippen LogP contribution in [0.25, 0.3) is 0 Å². The van der Waals surface area contributed by atoms with Gasteiger partial charge < -0.3 is 17.2 Å². The van der Waals surface area contributed by atoms with Gasteiger partial charge >= 0.3 is 23.1 Å². The van der Waals surface area contributed by atoms with E-state index in [0.29, 0.717) is 0 Å². The molecule has 0 heterocycles. The zero-order valence-corrected chi connectivity index (χ0v) is 12.4. The fourth-order valence-electron chi connectivity index (χ4n) is 1.40. The maximum absolute atomic E-state index is 11.8. The van der Waals surface area contributed by atoms with Crippen molar-refractivity contribution in [1.29, 1.82) is 0 Å². The van der Waals surface area contributed by atoms with Crippen LogP contribution >= 0.6 is 0 Å². The minimum atomic E-state index is -2.36. The van der Waals surface area contributed by atoms with E-state index in [1.807, 2.05) is 32.2 Å². The monoisotopic (exact) mass is 238 g/mol. The topological polar surface area (TPSA) is 23.1 Å². The van der Waals surface area contributed by atoms with Crippen molar-refractivity contribution in [2.75, 3.05) is 0 Å². The summed E-state index contributed by atoms with van der Waals surface area (Å²) in [6.07, 6.45) is 0. The molecule has 74 valence electrons. The molecular weight excluding hydrogens is 224 g/mol. The van der Waals surface area contributed by atoms with Crippen molar-refractivity contribution in [2.24, 2.45) is 0 Å². The molecule has 0 fully saturated rings. The molecule has 4 heteroatoms. The first-order valence-corrected chi connectivity index (χ1v) is 7.11. The summed E-state index contributed by atoms with van der Waals surface area (Å²) in [5.74, 6) is 0. The molecule has 0 saturated heterocycles. The Morgan fingerprint density at radius 2 is 1.64 bits per heavy atom. The van der Waals surface area contributed by atoms with Gasteiger partial charge in [0.2, 0.25) is 0 Å². The normalized spacial score (nSPS) is 10.1. The van der Waals surface area contributed by atoms with Crippen LogP contribution in [0.3, 0.4) is 0 Å². The van der Waals surface area contributed by atoms with E-state index in [-0.39, 0.29) is 35.5 Å². The molecule has 0 aromatic heterocycles. The molecule has 0 aliphatic heterocycles. The minimum Gasteiger partial charge on any atom is -1.00 e. The Morgan fingerprint density at radius 1 is 1.14 bits per heavy atom. The number of hydrogen-bond acceptors (Lipinski definition) is 1. The summed E-state index contributed by atoms with van der Waals surface area (Å²) < 4.78 is 0. The van der Waals surface area contributed by atoms with Crippen LogP contribution in [0.2, 0.25) is 13.1 Å². The second-order valence-corrected chi connectivity index (χ2v) is 7.32. The van der Waals surface area contributed by atoms with Crippen LogP contribution in [0.1, 0.15) is 11.1 Å². The van der Waals surface area contributed by atoms with Gasteiger partial charge in [-0.1, -0.05) is 42.0 Å². The Morgan fingerprint density at radius 3 is 2.00 bits per heavy atom. The van der Waals surface area contributed by atoms with E-state index in [1.165, 1.54) is 11.1 Å². The Bertz CT molecular complexity index is 297. The third kappa shape index (κ3) is 3.90. The summed E-state index contributed by atoms with van der Waals surface area (Å²) in [4.78, 5) is 11.8. The van der Waals surface area contributed by atoms with Crippen molar-refractivity contribution in [1.82, 2.24) is 0 Å². The quantitative estimate of drug-likeness (QED) is 0.505. The van der Waals surface area contributed by atoms with Crippen molar-refractivity contribution in [3.8, 4) is 0 Å². The molecule has 0 spiro atoms. The predicted molar refractivity (Wildman–Crippen MR) is 58.8 cm³/mol. The zero-order chi connectivity index (χ0) is 9.35. The van der Waals surface area contributed by atoms with E-state index in [9.17, 15) is 4.80 Å². The van der Waals surface area contributed by atoms with Crippen molar-refractivity contribution < 1.29 is 17.2 Å². The van der Waals surface area contributed by atoms with Crippen LogP contribution in [-0.2, 0) is 0 Å². The molecule has 0 aliphatic carbocycles.